The van der Waals surface area contributed by atoms with Gasteiger partial charge in [-0.1, -0.05) is 54.7 Å². The van der Waals surface area contributed by atoms with E-state index in [0.29, 0.717) is 38.5 Å². The van der Waals surface area contributed by atoms with Crippen LogP contribution in [0, 0.1) is 11.8 Å². The molecule has 1 fully saturated rings. The fourth-order valence-corrected chi connectivity index (χ4v) is 4.68. The standard InChI is InChI=1S/C24H28Cl3N3O/c1-15(2)22(29-24-28-21-6-4-18(25)13-23(21)31-24)14-30-9-7-16(8-10-30)11-17-3-5-19(26)20(27)12-17/h3-6,12-13,15-16,22H,7-11,14H2,1-2H3,(H,28,29). The van der Waals surface area contributed by atoms with Gasteiger partial charge in [0, 0.05) is 23.7 Å². The third-order valence-corrected chi connectivity index (χ3v) is 7.11. The molecule has 1 aliphatic rings. The Morgan fingerprint density at radius 2 is 1.84 bits per heavy atom. The van der Waals surface area contributed by atoms with Crippen LogP contribution in [0.25, 0.3) is 11.1 Å². The number of piperidine rings is 1. The van der Waals surface area contributed by atoms with E-state index in [0.717, 1.165) is 31.6 Å². The van der Waals surface area contributed by atoms with E-state index < -0.39 is 0 Å². The Bertz CT molecular complexity index is 1030. The van der Waals surface area contributed by atoms with Gasteiger partial charge in [0.15, 0.2) is 5.58 Å². The minimum atomic E-state index is 0.259. The van der Waals surface area contributed by atoms with Gasteiger partial charge in [0.1, 0.15) is 5.52 Å². The molecule has 4 rings (SSSR count). The second-order valence-electron chi connectivity index (χ2n) is 8.82. The van der Waals surface area contributed by atoms with Crippen molar-refractivity contribution in [3.8, 4) is 0 Å². The Balaban J connectivity index is 1.32. The zero-order valence-electron chi connectivity index (χ0n) is 17.9. The van der Waals surface area contributed by atoms with Crippen LogP contribution in [0.4, 0.5) is 6.01 Å². The van der Waals surface area contributed by atoms with Gasteiger partial charge in [-0.3, -0.25) is 0 Å². The highest BCUT2D eigenvalue weighted by atomic mass is 35.5. The Morgan fingerprint density at radius 1 is 1.06 bits per heavy atom. The van der Waals surface area contributed by atoms with Crippen molar-refractivity contribution in [3.05, 3.63) is 57.0 Å². The van der Waals surface area contributed by atoms with Gasteiger partial charge in [-0.25, -0.2) is 0 Å². The van der Waals surface area contributed by atoms with Gasteiger partial charge in [-0.2, -0.15) is 4.98 Å². The number of hydrogen-bond acceptors (Lipinski definition) is 4. The molecule has 1 atom stereocenters. The van der Waals surface area contributed by atoms with Gasteiger partial charge >= 0.3 is 0 Å². The van der Waals surface area contributed by atoms with E-state index in [-0.39, 0.29) is 6.04 Å². The summed E-state index contributed by atoms with van der Waals surface area (Å²) in [5.74, 6) is 1.13. The molecule has 7 heteroatoms. The molecular formula is C24H28Cl3N3O. The highest BCUT2D eigenvalue weighted by Gasteiger charge is 2.24. The molecule has 0 spiro atoms. The van der Waals surface area contributed by atoms with Crippen molar-refractivity contribution in [2.24, 2.45) is 11.8 Å². The van der Waals surface area contributed by atoms with Gasteiger partial charge in [-0.05, 0) is 74.0 Å². The molecule has 2 heterocycles. The van der Waals surface area contributed by atoms with E-state index >= 15 is 0 Å². The number of fused-ring (bicyclic) bond motifs is 1. The molecule has 3 aromatic rings. The van der Waals surface area contributed by atoms with Crippen molar-refractivity contribution >= 4 is 51.9 Å². The first kappa shape index (κ1) is 22.7. The maximum Gasteiger partial charge on any atom is 0.295 e. The number of anilines is 1. The fourth-order valence-electron chi connectivity index (χ4n) is 4.19. The average Bonchev–Trinajstić information content (AvgIpc) is 3.13. The summed E-state index contributed by atoms with van der Waals surface area (Å²) in [6.45, 7) is 7.62. The highest BCUT2D eigenvalue weighted by Crippen LogP contribution is 2.28. The quantitative estimate of drug-likeness (QED) is 0.389. The summed E-state index contributed by atoms with van der Waals surface area (Å²) < 4.78 is 5.87. The molecule has 1 saturated heterocycles. The highest BCUT2D eigenvalue weighted by molar-refractivity contribution is 6.42. The van der Waals surface area contributed by atoms with E-state index in [1.165, 1.54) is 18.4 Å². The first-order valence-electron chi connectivity index (χ1n) is 10.9. The molecule has 0 amide bonds. The van der Waals surface area contributed by atoms with Crippen LogP contribution >= 0.6 is 34.8 Å². The van der Waals surface area contributed by atoms with Gasteiger partial charge in [0.2, 0.25) is 0 Å². The van der Waals surface area contributed by atoms with E-state index in [9.17, 15) is 0 Å². The topological polar surface area (TPSA) is 41.3 Å². The zero-order chi connectivity index (χ0) is 22.0. The van der Waals surface area contributed by atoms with Crippen LogP contribution in [-0.2, 0) is 6.42 Å². The van der Waals surface area contributed by atoms with Crippen molar-refractivity contribution in [1.82, 2.24) is 9.88 Å². The lowest BCUT2D eigenvalue weighted by Crippen LogP contribution is -2.43. The van der Waals surface area contributed by atoms with Gasteiger partial charge < -0.3 is 14.6 Å². The molecule has 1 aliphatic heterocycles. The third kappa shape index (κ3) is 5.87. The predicted molar refractivity (Wildman–Crippen MR) is 131 cm³/mol. The average molecular weight is 481 g/mol. The Kier molecular flexibility index (Phi) is 7.33. The first-order valence-corrected chi connectivity index (χ1v) is 12.0. The van der Waals surface area contributed by atoms with E-state index in [2.05, 4.69) is 35.1 Å². The van der Waals surface area contributed by atoms with Crippen LogP contribution in [0.3, 0.4) is 0 Å². The molecule has 1 N–H and O–H groups in total. The SMILES string of the molecule is CC(C)C(CN1CCC(Cc2ccc(Cl)c(Cl)c2)CC1)Nc1nc2ccc(Cl)cc2o1. The van der Waals surface area contributed by atoms with Gasteiger partial charge in [0.25, 0.3) is 6.01 Å². The van der Waals surface area contributed by atoms with Crippen LogP contribution in [0.1, 0.15) is 32.3 Å². The molecule has 0 aliphatic carbocycles. The van der Waals surface area contributed by atoms with Gasteiger partial charge in [0.05, 0.1) is 10.0 Å². The van der Waals surface area contributed by atoms with Crippen molar-refractivity contribution in [3.63, 3.8) is 0 Å². The molecule has 166 valence electrons. The molecule has 0 radical (unpaired) electrons. The molecule has 0 bridgehead atoms. The summed E-state index contributed by atoms with van der Waals surface area (Å²) in [5.41, 5.74) is 2.80. The number of rotatable bonds is 7. The van der Waals surface area contributed by atoms with Crippen molar-refractivity contribution in [2.75, 3.05) is 25.0 Å². The van der Waals surface area contributed by atoms with Gasteiger partial charge in [-0.15, -0.1) is 0 Å². The number of hydrogen-bond donors (Lipinski definition) is 1. The van der Waals surface area contributed by atoms with Crippen LogP contribution in [-0.4, -0.2) is 35.6 Å². The Morgan fingerprint density at radius 3 is 2.55 bits per heavy atom. The van der Waals surface area contributed by atoms with E-state index in [1.54, 1.807) is 6.07 Å². The normalized spacial score (nSPS) is 16.8. The predicted octanol–water partition coefficient (Wildman–Crippen LogP) is 7.18. The number of likely N-dealkylation sites (tertiary alicyclic amines) is 1. The van der Waals surface area contributed by atoms with Crippen molar-refractivity contribution < 1.29 is 4.42 Å². The van der Waals surface area contributed by atoms with Crippen molar-refractivity contribution in [2.45, 2.75) is 39.2 Å². The largest absolute Gasteiger partial charge is 0.423 e. The minimum absolute atomic E-state index is 0.259. The maximum atomic E-state index is 6.18. The summed E-state index contributed by atoms with van der Waals surface area (Å²) in [6, 6.07) is 12.3. The Hall–Kier alpha value is -1.46. The number of benzene rings is 2. The second kappa shape index (κ2) is 9.99. The molecule has 1 unspecified atom stereocenters. The third-order valence-electron chi connectivity index (χ3n) is 6.13. The van der Waals surface area contributed by atoms with E-state index in [1.807, 2.05) is 24.3 Å². The lowest BCUT2D eigenvalue weighted by atomic mass is 9.89. The lowest BCUT2D eigenvalue weighted by molar-refractivity contribution is 0.169. The monoisotopic (exact) mass is 479 g/mol. The molecule has 1 aromatic heterocycles. The Labute approximate surface area is 198 Å². The summed E-state index contributed by atoms with van der Waals surface area (Å²) in [5, 5.41) is 5.42. The number of nitrogens with zero attached hydrogens (tertiary/aromatic N) is 2. The molecule has 4 nitrogen and oxygen atoms in total. The first-order chi connectivity index (χ1) is 14.9. The number of halogens is 3. The zero-order valence-corrected chi connectivity index (χ0v) is 20.1. The number of nitrogens with one attached hydrogen (secondary N) is 1. The summed E-state index contributed by atoms with van der Waals surface area (Å²) in [7, 11) is 0. The summed E-state index contributed by atoms with van der Waals surface area (Å²) >= 11 is 18.3. The number of aromatic nitrogens is 1. The van der Waals surface area contributed by atoms with Crippen LogP contribution < -0.4 is 5.32 Å². The lowest BCUT2D eigenvalue weighted by Gasteiger charge is -2.35. The van der Waals surface area contributed by atoms with E-state index in [4.69, 9.17) is 39.2 Å². The van der Waals surface area contributed by atoms with Crippen LogP contribution in [0.15, 0.2) is 40.8 Å². The van der Waals surface area contributed by atoms with Crippen LogP contribution in [0.2, 0.25) is 15.1 Å². The summed E-state index contributed by atoms with van der Waals surface area (Å²) in [6.07, 6.45) is 3.43. The second-order valence-corrected chi connectivity index (χ2v) is 10.1. The minimum Gasteiger partial charge on any atom is -0.423 e. The maximum absolute atomic E-state index is 6.18. The number of oxazole rings is 1. The summed E-state index contributed by atoms with van der Waals surface area (Å²) in [4.78, 5) is 7.11. The fraction of sp³-hybridized carbons (Fsp3) is 0.458. The van der Waals surface area contributed by atoms with Crippen LogP contribution in [0.5, 0.6) is 0 Å². The smallest absolute Gasteiger partial charge is 0.295 e. The molecule has 31 heavy (non-hydrogen) atoms. The molecular weight excluding hydrogens is 453 g/mol. The molecule has 0 saturated carbocycles. The molecule has 2 aromatic carbocycles. The van der Waals surface area contributed by atoms with Crippen molar-refractivity contribution in [1.29, 1.82) is 0 Å².